The number of aryl methyl sites for hydroxylation is 1. The number of fused-ring (bicyclic) bond motifs is 1. The first-order valence-corrected chi connectivity index (χ1v) is 7.46. The number of hydrogen-bond donors (Lipinski definition) is 2. The van der Waals surface area contributed by atoms with Crippen molar-refractivity contribution in [2.24, 2.45) is 0 Å². The molecule has 0 aliphatic heterocycles. The van der Waals surface area contributed by atoms with Crippen molar-refractivity contribution in [1.29, 1.82) is 0 Å². The van der Waals surface area contributed by atoms with E-state index in [4.69, 9.17) is 4.42 Å². The van der Waals surface area contributed by atoms with E-state index < -0.39 is 6.10 Å². The molecule has 0 aliphatic rings. The Morgan fingerprint density at radius 1 is 1.29 bits per heavy atom. The molecule has 0 aliphatic carbocycles. The average molecular weight is 328 g/mol. The standard InChI is InChI=1S/C16H16N4O4/c21-13(14-6-3-9-24-14)10-17-15(22)7-8-20-16(23)11-4-1-2-5-12(11)18-19-20/h1-6,9,13,21H,7-8,10H2,(H,17,22). The molecule has 1 atom stereocenters. The van der Waals surface area contributed by atoms with E-state index in [0.717, 1.165) is 4.68 Å². The minimum atomic E-state index is -0.910. The molecule has 0 fully saturated rings. The van der Waals surface area contributed by atoms with Crippen LogP contribution in [0.15, 0.2) is 51.9 Å². The summed E-state index contributed by atoms with van der Waals surface area (Å²) < 4.78 is 6.21. The Labute approximate surface area is 136 Å². The number of carbonyl (C=O) groups excluding carboxylic acids is 1. The van der Waals surface area contributed by atoms with Crippen LogP contribution in [0, 0.1) is 0 Å². The summed E-state index contributed by atoms with van der Waals surface area (Å²) in [5, 5.41) is 20.6. The second kappa shape index (κ2) is 7.05. The van der Waals surface area contributed by atoms with Crippen LogP contribution < -0.4 is 10.9 Å². The number of nitrogens with one attached hydrogen (secondary N) is 1. The Kier molecular flexibility index (Phi) is 4.66. The summed E-state index contributed by atoms with van der Waals surface area (Å²) in [7, 11) is 0. The van der Waals surface area contributed by atoms with Gasteiger partial charge in [0, 0.05) is 6.42 Å². The van der Waals surface area contributed by atoms with Crippen molar-refractivity contribution >= 4 is 16.8 Å². The number of aromatic nitrogens is 3. The van der Waals surface area contributed by atoms with Gasteiger partial charge in [-0.05, 0) is 24.3 Å². The van der Waals surface area contributed by atoms with Gasteiger partial charge in [0.05, 0.1) is 24.7 Å². The van der Waals surface area contributed by atoms with E-state index in [-0.39, 0.29) is 31.0 Å². The molecule has 0 spiro atoms. The molecule has 0 bridgehead atoms. The van der Waals surface area contributed by atoms with Crippen molar-refractivity contribution in [3.05, 3.63) is 58.8 Å². The minimum absolute atomic E-state index is 0.0324. The molecule has 0 saturated heterocycles. The van der Waals surface area contributed by atoms with Gasteiger partial charge in [0.1, 0.15) is 17.4 Å². The molecule has 124 valence electrons. The van der Waals surface area contributed by atoms with E-state index in [9.17, 15) is 14.7 Å². The van der Waals surface area contributed by atoms with E-state index in [1.54, 1.807) is 36.4 Å². The third kappa shape index (κ3) is 3.49. The summed E-state index contributed by atoms with van der Waals surface area (Å²) in [5.41, 5.74) is 0.230. The molecule has 2 aromatic heterocycles. The largest absolute Gasteiger partial charge is 0.467 e. The highest BCUT2D eigenvalue weighted by Gasteiger charge is 2.12. The smallest absolute Gasteiger partial charge is 0.277 e. The van der Waals surface area contributed by atoms with Gasteiger partial charge in [0.25, 0.3) is 5.56 Å². The number of carbonyl (C=O) groups is 1. The predicted molar refractivity (Wildman–Crippen MR) is 85.1 cm³/mol. The molecule has 8 nitrogen and oxygen atoms in total. The molecule has 0 saturated carbocycles. The average Bonchev–Trinajstić information content (AvgIpc) is 3.14. The Morgan fingerprint density at radius 2 is 2.12 bits per heavy atom. The second-order valence-electron chi connectivity index (χ2n) is 5.22. The zero-order valence-electron chi connectivity index (χ0n) is 12.8. The molecule has 24 heavy (non-hydrogen) atoms. The molecular weight excluding hydrogens is 312 g/mol. The molecule has 3 rings (SSSR count). The maximum Gasteiger partial charge on any atom is 0.277 e. The highest BCUT2D eigenvalue weighted by Crippen LogP contribution is 2.11. The van der Waals surface area contributed by atoms with Crippen LogP contribution >= 0.6 is 0 Å². The van der Waals surface area contributed by atoms with Crippen molar-refractivity contribution in [3.63, 3.8) is 0 Å². The van der Waals surface area contributed by atoms with Crippen molar-refractivity contribution < 1.29 is 14.3 Å². The predicted octanol–water partition coefficient (Wildman–Crippen LogP) is 0.624. The number of aliphatic hydroxyl groups is 1. The summed E-state index contributed by atoms with van der Waals surface area (Å²) in [5.74, 6) is 0.0781. The zero-order chi connectivity index (χ0) is 16.9. The van der Waals surface area contributed by atoms with E-state index >= 15 is 0 Å². The van der Waals surface area contributed by atoms with E-state index in [1.807, 2.05) is 0 Å². The van der Waals surface area contributed by atoms with Gasteiger partial charge in [0.15, 0.2) is 0 Å². The zero-order valence-corrected chi connectivity index (χ0v) is 12.8. The lowest BCUT2D eigenvalue weighted by atomic mass is 10.2. The molecule has 1 amide bonds. The third-order valence-corrected chi connectivity index (χ3v) is 3.54. The number of amides is 1. The van der Waals surface area contributed by atoms with Crippen molar-refractivity contribution in [2.45, 2.75) is 19.1 Å². The second-order valence-corrected chi connectivity index (χ2v) is 5.22. The molecular formula is C16H16N4O4. The van der Waals surface area contributed by atoms with Crippen molar-refractivity contribution in [1.82, 2.24) is 20.3 Å². The quantitative estimate of drug-likeness (QED) is 0.686. The van der Waals surface area contributed by atoms with Gasteiger partial charge in [-0.3, -0.25) is 9.59 Å². The molecule has 8 heteroatoms. The number of rotatable bonds is 6. The molecule has 0 radical (unpaired) electrons. The Bertz CT molecular complexity index is 888. The highest BCUT2D eigenvalue weighted by atomic mass is 16.4. The topological polar surface area (TPSA) is 110 Å². The summed E-state index contributed by atoms with van der Waals surface area (Å²) in [6.07, 6.45) is 0.593. The van der Waals surface area contributed by atoms with Crippen molar-refractivity contribution in [3.8, 4) is 0 Å². The van der Waals surface area contributed by atoms with Gasteiger partial charge in [-0.15, -0.1) is 5.10 Å². The molecule has 2 N–H and O–H groups in total. The lowest BCUT2D eigenvalue weighted by Crippen LogP contribution is -2.31. The van der Waals surface area contributed by atoms with Gasteiger partial charge in [0.2, 0.25) is 5.91 Å². The van der Waals surface area contributed by atoms with E-state index in [0.29, 0.717) is 16.7 Å². The van der Waals surface area contributed by atoms with Gasteiger partial charge < -0.3 is 14.8 Å². The molecule has 1 unspecified atom stereocenters. The van der Waals surface area contributed by atoms with Crippen LogP contribution in [-0.4, -0.2) is 32.6 Å². The monoisotopic (exact) mass is 328 g/mol. The SMILES string of the molecule is O=C(CCn1nnc2ccccc2c1=O)NCC(O)c1ccco1. The fourth-order valence-corrected chi connectivity index (χ4v) is 2.26. The first-order chi connectivity index (χ1) is 11.6. The normalized spacial score (nSPS) is 12.2. The van der Waals surface area contributed by atoms with E-state index in [1.165, 1.54) is 6.26 Å². The van der Waals surface area contributed by atoms with Gasteiger partial charge in [-0.1, -0.05) is 17.3 Å². The van der Waals surface area contributed by atoms with Gasteiger partial charge >= 0.3 is 0 Å². The van der Waals surface area contributed by atoms with Crippen LogP contribution in [-0.2, 0) is 11.3 Å². The van der Waals surface area contributed by atoms with Crippen LogP contribution in [0.2, 0.25) is 0 Å². The number of furan rings is 1. The number of nitrogens with zero attached hydrogens (tertiary/aromatic N) is 3. The Morgan fingerprint density at radius 3 is 2.92 bits per heavy atom. The maximum absolute atomic E-state index is 12.2. The van der Waals surface area contributed by atoms with Gasteiger partial charge in [-0.25, -0.2) is 4.68 Å². The van der Waals surface area contributed by atoms with Crippen LogP contribution in [0.25, 0.3) is 10.9 Å². The summed E-state index contributed by atoms with van der Waals surface area (Å²) in [4.78, 5) is 24.1. The van der Waals surface area contributed by atoms with Crippen LogP contribution in [0.5, 0.6) is 0 Å². The molecule has 3 aromatic rings. The van der Waals surface area contributed by atoms with Crippen molar-refractivity contribution in [2.75, 3.05) is 6.54 Å². The lowest BCUT2D eigenvalue weighted by molar-refractivity contribution is -0.121. The lowest BCUT2D eigenvalue weighted by Gasteiger charge is -2.10. The van der Waals surface area contributed by atoms with Crippen LogP contribution in [0.3, 0.4) is 0 Å². The number of benzene rings is 1. The highest BCUT2D eigenvalue weighted by molar-refractivity contribution is 5.77. The molecule has 1 aromatic carbocycles. The Hall–Kier alpha value is -3.00. The first-order valence-electron chi connectivity index (χ1n) is 7.46. The summed E-state index contributed by atoms with van der Waals surface area (Å²) >= 11 is 0. The van der Waals surface area contributed by atoms with E-state index in [2.05, 4.69) is 15.6 Å². The third-order valence-electron chi connectivity index (χ3n) is 3.54. The fourth-order valence-electron chi connectivity index (χ4n) is 2.26. The Balaban J connectivity index is 1.56. The maximum atomic E-state index is 12.2. The van der Waals surface area contributed by atoms with Gasteiger partial charge in [-0.2, -0.15) is 0 Å². The summed E-state index contributed by atoms with van der Waals surface area (Å²) in [6, 6.07) is 10.2. The number of aliphatic hydroxyl groups excluding tert-OH is 1. The fraction of sp³-hybridized carbons (Fsp3) is 0.250. The minimum Gasteiger partial charge on any atom is -0.467 e. The first kappa shape index (κ1) is 15.9. The summed E-state index contributed by atoms with van der Waals surface area (Å²) in [6.45, 7) is 0.143. The molecule has 2 heterocycles. The van der Waals surface area contributed by atoms with Crippen LogP contribution in [0.4, 0.5) is 0 Å². The number of hydrogen-bond acceptors (Lipinski definition) is 6. The van der Waals surface area contributed by atoms with Crippen LogP contribution in [0.1, 0.15) is 18.3 Å².